The van der Waals surface area contributed by atoms with Crippen molar-refractivity contribution in [2.75, 3.05) is 19.0 Å². The van der Waals surface area contributed by atoms with Gasteiger partial charge in [-0.25, -0.2) is 0 Å². The standard InChI is InChI=1S/C16H19N3O/c1-18(2)15-8-10-19(11-9-15)13-16(20)17-12-14-6-4-3-5-7-14/h3-11H,12-13H2,1-2H3/p+1. The molecule has 104 valence electrons. The zero-order valence-electron chi connectivity index (χ0n) is 11.9. The Balaban J connectivity index is 1.85. The van der Waals surface area contributed by atoms with E-state index in [4.69, 9.17) is 0 Å². The lowest BCUT2D eigenvalue weighted by atomic mass is 10.2. The van der Waals surface area contributed by atoms with Crippen molar-refractivity contribution in [3.8, 4) is 0 Å². The highest BCUT2D eigenvalue weighted by atomic mass is 16.1. The number of carbonyl (C=O) groups is 1. The van der Waals surface area contributed by atoms with Crippen LogP contribution in [0.3, 0.4) is 0 Å². The van der Waals surface area contributed by atoms with Gasteiger partial charge in [-0.2, -0.15) is 4.57 Å². The van der Waals surface area contributed by atoms with Gasteiger partial charge in [0.25, 0.3) is 5.91 Å². The Morgan fingerprint density at radius 2 is 1.75 bits per heavy atom. The number of nitrogens with one attached hydrogen (secondary N) is 1. The first-order valence-corrected chi connectivity index (χ1v) is 6.62. The van der Waals surface area contributed by atoms with Gasteiger partial charge in [0.05, 0.1) is 0 Å². The number of benzene rings is 1. The summed E-state index contributed by atoms with van der Waals surface area (Å²) in [6, 6.07) is 13.9. The van der Waals surface area contributed by atoms with E-state index in [-0.39, 0.29) is 5.91 Å². The molecule has 4 heteroatoms. The molecule has 1 aromatic heterocycles. The number of anilines is 1. The van der Waals surface area contributed by atoms with Gasteiger partial charge in [-0.15, -0.1) is 0 Å². The summed E-state index contributed by atoms with van der Waals surface area (Å²) in [7, 11) is 3.98. The fourth-order valence-electron chi connectivity index (χ4n) is 1.87. The number of pyridine rings is 1. The molecule has 20 heavy (non-hydrogen) atoms. The van der Waals surface area contributed by atoms with E-state index in [0.717, 1.165) is 11.3 Å². The highest BCUT2D eigenvalue weighted by Gasteiger charge is 2.09. The number of rotatable bonds is 5. The number of hydrogen-bond acceptors (Lipinski definition) is 2. The van der Waals surface area contributed by atoms with E-state index >= 15 is 0 Å². The number of amides is 1. The van der Waals surface area contributed by atoms with Gasteiger partial charge in [0.2, 0.25) is 6.54 Å². The molecule has 0 aliphatic rings. The van der Waals surface area contributed by atoms with Gasteiger partial charge in [-0.3, -0.25) is 4.79 Å². The highest BCUT2D eigenvalue weighted by molar-refractivity contribution is 5.74. The zero-order valence-corrected chi connectivity index (χ0v) is 11.9. The third-order valence-electron chi connectivity index (χ3n) is 3.05. The Morgan fingerprint density at radius 1 is 1.10 bits per heavy atom. The van der Waals surface area contributed by atoms with E-state index in [9.17, 15) is 4.79 Å². The summed E-state index contributed by atoms with van der Waals surface area (Å²) in [5.74, 6) is 0.0106. The largest absolute Gasteiger partial charge is 0.377 e. The number of aromatic nitrogens is 1. The monoisotopic (exact) mass is 270 g/mol. The second kappa shape index (κ2) is 6.70. The molecule has 0 fully saturated rings. The van der Waals surface area contributed by atoms with Crippen LogP contribution in [0, 0.1) is 0 Å². The van der Waals surface area contributed by atoms with E-state index in [2.05, 4.69) is 5.32 Å². The fourth-order valence-corrected chi connectivity index (χ4v) is 1.87. The average Bonchev–Trinajstić information content (AvgIpc) is 2.47. The molecule has 0 aliphatic carbocycles. The molecule has 0 aliphatic heterocycles. The quantitative estimate of drug-likeness (QED) is 0.833. The van der Waals surface area contributed by atoms with Crippen molar-refractivity contribution in [2.24, 2.45) is 0 Å². The Labute approximate surface area is 119 Å². The van der Waals surface area contributed by atoms with Crippen LogP contribution in [0.1, 0.15) is 5.56 Å². The summed E-state index contributed by atoms with van der Waals surface area (Å²) >= 11 is 0. The minimum absolute atomic E-state index is 0.0106. The second-order valence-corrected chi connectivity index (χ2v) is 4.89. The van der Waals surface area contributed by atoms with Crippen molar-refractivity contribution in [1.29, 1.82) is 0 Å². The van der Waals surface area contributed by atoms with Crippen LogP contribution in [0.5, 0.6) is 0 Å². The van der Waals surface area contributed by atoms with Gasteiger partial charge in [-0.05, 0) is 5.56 Å². The first-order chi connectivity index (χ1) is 9.65. The van der Waals surface area contributed by atoms with Gasteiger partial charge < -0.3 is 10.2 Å². The molecular formula is C16H20N3O+. The maximum absolute atomic E-state index is 11.9. The van der Waals surface area contributed by atoms with Crippen LogP contribution in [0.25, 0.3) is 0 Å². The van der Waals surface area contributed by atoms with Crippen LogP contribution in [0.2, 0.25) is 0 Å². The molecule has 2 aromatic rings. The molecule has 0 unspecified atom stereocenters. The molecule has 0 bridgehead atoms. The van der Waals surface area contributed by atoms with E-state index in [0.29, 0.717) is 13.1 Å². The lowest BCUT2D eigenvalue weighted by Crippen LogP contribution is -2.42. The van der Waals surface area contributed by atoms with Crippen molar-refractivity contribution < 1.29 is 9.36 Å². The van der Waals surface area contributed by atoms with Crippen LogP contribution in [-0.2, 0) is 17.9 Å². The Morgan fingerprint density at radius 3 is 2.35 bits per heavy atom. The highest BCUT2D eigenvalue weighted by Crippen LogP contribution is 2.05. The predicted molar refractivity (Wildman–Crippen MR) is 79.3 cm³/mol. The van der Waals surface area contributed by atoms with Crippen LogP contribution < -0.4 is 14.8 Å². The van der Waals surface area contributed by atoms with Gasteiger partial charge in [0.1, 0.15) is 0 Å². The summed E-state index contributed by atoms with van der Waals surface area (Å²) in [6.45, 7) is 0.899. The maximum Gasteiger partial charge on any atom is 0.286 e. The minimum atomic E-state index is 0.0106. The van der Waals surface area contributed by atoms with E-state index < -0.39 is 0 Å². The zero-order chi connectivity index (χ0) is 14.4. The van der Waals surface area contributed by atoms with Crippen molar-refractivity contribution in [2.45, 2.75) is 13.1 Å². The molecule has 1 heterocycles. The predicted octanol–water partition coefficient (Wildman–Crippen LogP) is 1.36. The number of hydrogen-bond donors (Lipinski definition) is 1. The van der Waals surface area contributed by atoms with Gasteiger partial charge in [0.15, 0.2) is 12.4 Å². The summed E-state index contributed by atoms with van der Waals surface area (Å²) in [6.07, 6.45) is 3.83. The van der Waals surface area contributed by atoms with Gasteiger partial charge in [-0.1, -0.05) is 30.3 Å². The molecule has 0 saturated carbocycles. The molecule has 0 saturated heterocycles. The van der Waals surface area contributed by atoms with Crippen LogP contribution in [0.4, 0.5) is 5.69 Å². The molecule has 1 amide bonds. The number of nitrogens with zero attached hydrogens (tertiary/aromatic N) is 2. The lowest BCUT2D eigenvalue weighted by molar-refractivity contribution is -0.684. The third-order valence-corrected chi connectivity index (χ3v) is 3.05. The van der Waals surface area contributed by atoms with Crippen molar-refractivity contribution in [3.63, 3.8) is 0 Å². The first-order valence-electron chi connectivity index (χ1n) is 6.62. The van der Waals surface area contributed by atoms with E-state index in [1.807, 2.05) is 78.4 Å². The molecule has 0 atom stereocenters. The van der Waals surface area contributed by atoms with Crippen LogP contribution in [-0.4, -0.2) is 20.0 Å². The fraction of sp³-hybridized carbons (Fsp3) is 0.250. The summed E-state index contributed by atoms with van der Waals surface area (Å²) < 4.78 is 1.87. The summed E-state index contributed by atoms with van der Waals surface area (Å²) in [4.78, 5) is 13.9. The molecule has 1 aromatic carbocycles. The Hall–Kier alpha value is -2.36. The van der Waals surface area contributed by atoms with E-state index in [1.165, 1.54) is 0 Å². The normalized spacial score (nSPS) is 10.1. The topological polar surface area (TPSA) is 36.2 Å². The second-order valence-electron chi connectivity index (χ2n) is 4.89. The molecular weight excluding hydrogens is 250 g/mol. The Kier molecular flexibility index (Phi) is 4.71. The minimum Gasteiger partial charge on any atom is -0.377 e. The SMILES string of the molecule is CN(C)c1cc[n+](CC(=O)NCc2ccccc2)cc1. The van der Waals surface area contributed by atoms with Gasteiger partial charge >= 0.3 is 0 Å². The molecule has 0 spiro atoms. The number of carbonyl (C=O) groups excluding carboxylic acids is 1. The third kappa shape index (κ3) is 4.09. The molecule has 4 nitrogen and oxygen atoms in total. The molecule has 0 radical (unpaired) electrons. The van der Waals surface area contributed by atoms with Gasteiger partial charge in [0, 0.05) is 38.5 Å². The van der Waals surface area contributed by atoms with Crippen molar-refractivity contribution in [1.82, 2.24) is 5.32 Å². The average molecular weight is 270 g/mol. The molecule has 2 rings (SSSR count). The lowest BCUT2D eigenvalue weighted by Gasteiger charge is -2.10. The summed E-state index contributed by atoms with van der Waals surface area (Å²) in [5, 5.41) is 2.91. The van der Waals surface area contributed by atoms with E-state index in [1.54, 1.807) is 0 Å². The molecule has 1 N–H and O–H groups in total. The smallest absolute Gasteiger partial charge is 0.286 e. The van der Waals surface area contributed by atoms with Crippen LogP contribution in [0.15, 0.2) is 54.9 Å². The first kappa shape index (κ1) is 14.1. The van der Waals surface area contributed by atoms with Crippen molar-refractivity contribution in [3.05, 3.63) is 60.4 Å². The van der Waals surface area contributed by atoms with Crippen molar-refractivity contribution >= 4 is 11.6 Å². The summed E-state index contributed by atoms with van der Waals surface area (Å²) in [5.41, 5.74) is 2.22. The van der Waals surface area contributed by atoms with Crippen LogP contribution >= 0.6 is 0 Å². The maximum atomic E-state index is 11.9. The Bertz CT molecular complexity index is 550.